The zero-order valence-electron chi connectivity index (χ0n) is 17.3. The Labute approximate surface area is 193 Å². The highest BCUT2D eigenvalue weighted by molar-refractivity contribution is 7.89. The van der Waals surface area contributed by atoms with E-state index >= 15 is 0 Å². The van der Waals surface area contributed by atoms with Gasteiger partial charge >= 0.3 is 6.03 Å². The van der Waals surface area contributed by atoms with E-state index in [-0.39, 0.29) is 27.5 Å². The lowest BCUT2D eigenvalue weighted by molar-refractivity contribution is 0.128. The van der Waals surface area contributed by atoms with Gasteiger partial charge in [-0.1, -0.05) is 41.4 Å². The van der Waals surface area contributed by atoms with E-state index in [4.69, 9.17) is 28.9 Å². The largest absolute Gasteiger partial charge is 0.399 e. The van der Waals surface area contributed by atoms with Crippen LogP contribution < -0.4 is 5.73 Å². The second-order valence-corrected chi connectivity index (χ2v) is 10.3. The first-order chi connectivity index (χ1) is 14.7. The lowest BCUT2D eigenvalue weighted by atomic mass is 10.1. The maximum absolute atomic E-state index is 12.9. The van der Waals surface area contributed by atoms with E-state index < -0.39 is 10.0 Å². The maximum atomic E-state index is 12.9. The third-order valence-corrected chi connectivity index (χ3v) is 8.17. The first-order valence-corrected chi connectivity index (χ1v) is 12.2. The lowest BCUT2D eigenvalue weighted by Crippen LogP contribution is -2.51. The van der Waals surface area contributed by atoms with Crippen molar-refractivity contribution in [3.63, 3.8) is 0 Å². The molecule has 0 atom stereocenters. The third-order valence-electron chi connectivity index (χ3n) is 5.34. The fourth-order valence-corrected chi connectivity index (χ4v) is 5.33. The van der Waals surface area contributed by atoms with Gasteiger partial charge in [0.05, 0.1) is 10.0 Å². The van der Waals surface area contributed by atoms with Crippen molar-refractivity contribution in [1.82, 2.24) is 14.1 Å². The molecule has 3 rings (SSSR count). The Morgan fingerprint density at radius 2 is 1.68 bits per heavy atom. The molecular formula is C21H26Cl2N4O3S. The number of likely N-dealkylation sites (N-methyl/N-ethyl adjacent to an activating group) is 1. The van der Waals surface area contributed by atoms with Crippen molar-refractivity contribution in [3.05, 3.63) is 58.1 Å². The van der Waals surface area contributed by atoms with Crippen molar-refractivity contribution in [1.29, 1.82) is 0 Å². The van der Waals surface area contributed by atoms with Gasteiger partial charge in [0.15, 0.2) is 0 Å². The van der Waals surface area contributed by atoms with Crippen molar-refractivity contribution in [2.45, 2.75) is 17.7 Å². The Bertz CT molecular complexity index is 1030. The second-order valence-electron chi connectivity index (χ2n) is 7.48. The normalized spacial score (nSPS) is 15.0. The summed E-state index contributed by atoms with van der Waals surface area (Å²) in [7, 11) is -2.35. The summed E-state index contributed by atoms with van der Waals surface area (Å²) >= 11 is 12.1. The van der Waals surface area contributed by atoms with Gasteiger partial charge in [-0.2, -0.15) is 4.31 Å². The number of hydrogen-bond donors (Lipinski definition) is 1. The summed E-state index contributed by atoms with van der Waals surface area (Å²) in [6, 6.07) is 12.0. The van der Waals surface area contributed by atoms with Gasteiger partial charge in [0, 0.05) is 45.5 Å². The number of nitrogens with zero attached hydrogens (tertiary/aromatic N) is 3. The number of halogens is 2. The number of urea groups is 1. The molecule has 1 saturated heterocycles. The average Bonchev–Trinajstić information content (AvgIpc) is 2.74. The van der Waals surface area contributed by atoms with Gasteiger partial charge < -0.3 is 15.5 Å². The minimum absolute atomic E-state index is 0.00101. The molecule has 1 aliphatic rings. The molecule has 0 aromatic heterocycles. The van der Waals surface area contributed by atoms with Gasteiger partial charge in [-0.05, 0) is 42.7 Å². The first-order valence-electron chi connectivity index (χ1n) is 9.99. The van der Waals surface area contributed by atoms with Gasteiger partial charge in [0.1, 0.15) is 4.90 Å². The molecule has 10 heteroatoms. The van der Waals surface area contributed by atoms with Crippen LogP contribution in [0.2, 0.25) is 10.0 Å². The quantitative estimate of drug-likeness (QED) is 0.580. The van der Waals surface area contributed by atoms with E-state index in [2.05, 4.69) is 0 Å². The number of hydrogen-bond acceptors (Lipinski definition) is 4. The average molecular weight is 485 g/mol. The van der Waals surface area contributed by atoms with E-state index in [1.807, 2.05) is 29.2 Å². The number of nitrogen functional groups attached to an aromatic ring is 1. The molecule has 0 aliphatic carbocycles. The van der Waals surface area contributed by atoms with Crippen LogP contribution in [0.1, 0.15) is 12.0 Å². The number of amides is 2. The Morgan fingerprint density at radius 3 is 2.35 bits per heavy atom. The van der Waals surface area contributed by atoms with E-state index in [0.29, 0.717) is 31.9 Å². The summed E-state index contributed by atoms with van der Waals surface area (Å²) in [5.74, 6) is 0. The van der Waals surface area contributed by atoms with Crippen molar-refractivity contribution < 1.29 is 13.2 Å². The molecule has 168 valence electrons. The minimum Gasteiger partial charge on any atom is -0.399 e. The fourth-order valence-electron chi connectivity index (χ4n) is 3.44. The zero-order chi connectivity index (χ0) is 22.6. The highest BCUT2D eigenvalue weighted by Crippen LogP contribution is 2.30. The van der Waals surface area contributed by atoms with Crippen molar-refractivity contribution in [2.75, 3.05) is 45.5 Å². The van der Waals surface area contributed by atoms with Crippen LogP contribution in [-0.2, 0) is 16.4 Å². The van der Waals surface area contributed by atoms with Crippen LogP contribution in [0.3, 0.4) is 0 Å². The monoisotopic (exact) mass is 484 g/mol. The number of carbonyl (C=O) groups excluding carboxylic acids is 1. The maximum Gasteiger partial charge on any atom is 0.320 e. The number of carbonyl (C=O) groups is 1. The standard InChI is InChI=1S/C21H26Cl2N4O3S/c1-25(31(29,30)19-5-2-4-18(22)20(19)23)14-15-27-12-3-11-26(21(27)28)13-10-16-6-8-17(24)9-7-16/h2,4-9H,3,10-15,24H2,1H3. The number of anilines is 1. The Kier molecular flexibility index (Phi) is 7.69. The smallest absolute Gasteiger partial charge is 0.320 e. The van der Waals surface area contributed by atoms with Crippen LogP contribution in [-0.4, -0.2) is 68.3 Å². The van der Waals surface area contributed by atoms with E-state index in [0.717, 1.165) is 18.4 Å². The Hall–Kier alpha value is -2.00. The van der Waals surface area contributed by atoms with Crippen LogP contribution in [0.25, 0.3) is 0 Å². The molecule has 1 heterocycles. The van der Waals surface area contributed by atoms with E-state index in [1.54, 1.807) is 11.0 Å². The predicted molar refractivity (Wildman–Crippen MR) is 124 cm³/mol. The predicted octanol–water partition coefficient (Wildman–Crippen LogP) is 3.57. The minimum atomic E-state index is -3.82. The zero-order valence-corrected chi connectivity index (χ0v) is 19.6. The molecule has 2 amide bonds. The molecule has 7 nitrogen and oxygen atoms in total. The van der Waals surface area contributed by atoms with Gasteiger partial charge in [0.25, 0.3) is 0 Å². The number of benzene rings is 2. The molecule has 0 unspecified atom stereocenters. The fraction of sp³-hybridized carbons (Fsp3) is 0.381. The van der Waals surface area contributed by atoms with E-state index in [1.165, 1.54) is 23.5 Å². The molecule has 0 spiro atoms. The molecule has 0 bridgehead atoms. The summed E-state index contributed by atoms with van der Waals surface area (Å²) in [5.41, 5.74) is 7.54. The highest BCUT2D eigenvalue weighted by Gasteiger charge is 2.28. The van der Waals surface area contributed by atoms with Gasteiger partial charge in [-0.25, -0.2) is 13.2 Å². The summed E-state index contributed by atoms with van der Waals surface area (Å²) in [6.07, 6.45) is 1.57. The van der Waals surface area contributed by atoms with Crippen LogP contribution in [0.4, 0.5) is 10.5 Å². The number of sulfonamides is 1. The molecule has 2 N–H and O–H groups in total. The summed E-state index contributed by atoms with van der Waals surface area (Å²) in [5, 5.41) is 0.179. The first kappa shape index (κ1) is 23.7. The third kappa shape index (κ3) is 5.63. The SMILES string of the molecule is CN(CCN1CCCN(CCc2ccc(N)cc2)C1=O)S(=O)(=O)c1cccc(Cl)c1Cl. The van der Waals surface area contributed by atoms with Gasteiger partial charge in [0.2, 0.25) is 10.0 Å². The molecule has 0 radical (unpaired) electrons. The van der Waals surface area contributed by atoms with Gasteiger partial charge in [-0.15, -0.1) is 0 Å². The van der Waals surface area contributed by atoms with Crippen LogP contribution in [0.5, 0.6) is 0 Å². The molecule has 31 heavy (non-hydrogen) atoms. The molecule has 2 aromatic rings. The molecule has 1 fully saturated rings. The number of nitrogens with two attached hydrogens (primary N) is 1. The van der Waals surface area contributed by atoms with Crippen LogP contribution >= 0.6 is 23.2 Å². The van der Waals surface area contributed by atoms with Crippen molar-refractivity contribution in [3.8, 4) is 0 Å². The van der Waals surface area contributed by atoms with Crippen LogP contribution in [0.15, 0.2) is 47.4 Å². The van der Waals surface area contributed by atoms with Crippen LogP contribution in [0, 0.1) is 0 Å². The Balaban J connectivity index is 1.58. The summed E-state index contributed by atoms with van der Waals surface area (Å²) < 4.78 is 26.9. The lowest BCUT2D eigenvalue weighted by Gasteiger charge is -2.36. The number of rotatable bonds is 8. The van der Waals surface area contributed by atoms with Crippen molar-refractivity contribution >= 4 is 44.9 Å². The molecule has 2 aromatic carbocycles. The Morgan fingerprint density at radius 1 is 1.03 bits per heavy atom. The topological polar surface area (TPSA) is 86.9 Å². The molecular weight excluding hydrogens is 459 g/mol. The molecule has 0 saturated carbocycles. The van der Waals surface area contributed by atoms with Crippen molar-refractivity contribution in [2.24, 2.45) is 0 Å². The van der Waals surface area contributed by atoms with Gasteiger partial charge in [-0.3, -0.25) is 0 Å². The highest BCUT2D eigenvalue weighted by atomic mass is 35.5. The van der Waals surface area contributed by atoms with E-state index in [9.17, 15) is 13.2 Å². The summed E-state index contributed by atoms with van der Waals surface area (Å²) in [6.45, 7) is 2.35. The summed E-state index contributed by atoms with van der Waals surface area (Å²) in [4.78, 5) is 16.3. The second kappa shape index (κ2) is 10.1. The molecule has 1 aliphatic heterocycles.